The van der Waals surface area contributed by atoms with Gasteiger partial charge >= 0.3 is 5.97 Å². The number of carbonyl (C=O) groups is 1. The molecule has 19 heavy (non-hydrogen) atoms. The highest BCUT2D eigenvalue weighted by Crippen LogP contribution is 2.20. The number of hydrogen-bond acceptors (Lipinski definition) is 5. The van der Waals surface area contributed by atoms with Gasteiger partial charge in [0.15, 0.2) is 0 Å². The van der Waals surface area contributed by atoms with E-state index in [4.69, 9.17) is 20.2 Å². The van der Waals surface area contributed by atoms with Crippen LogP contribution in [0.1, 0.15) is 22.8 Å². The molecule has 5 nitrogen and oxygen atoms in total. The number of hydrogen-bond donors (Lipinski definition) is 0. The molecule has 0 N–H and O–H groups in total. The molecule has 106 valence electrons. The van der Waals surface area contributed by atoms with E-state index < -0.39 is 21.1 Å². The molecule has 0 spiro atoms. The summed E-state index contributed by atoms with van der Waals surface area (Å²) in [6.07, 6.45) is -0.423. The van der Waals surface area contributed by atoms with E-state index in [2.05, 4.69) is 0 Å². The van der Waals surface area contributed by atoms with E-state index in [-0.39, 0.29) is 17.1 Å². The Bertz CT molecular complexity index is 567. The van der Waals surface area contributed by atoms with Crippen LogP contribution in [0.15, 0.2) is 23.1 Å². The van der Waals surface area contributed by atoms with Gasteiger partial charge in [0.05, 0.1) is 17.1 Å². The Morgan fingerprint density at radius 1 is 1.42 bits per heavy atom. The maximum absolute atomic E-state index is 11.9. The van der Waals surface area contributed by atoms with Crippen molar-refractivity contribution in [3.05, 3.63) is 29.3 Å². The summed E-state index contributed by atoms with van der Waals surface area (Å²) in [5.74, 6) is -0.607. The van der Waals surface area contributed by atoms with Crippen LogP contribution in [0.5, 0.6) is 0 Å². The summed E-state index contributed by atoms with van der Waals surface area (Å²) >= 11 is 0. The molecule has 0 saturated carbocycles. The molecule has 0 bridgehead atoms. The van der Waals surface area contributed by atoms with Crippen molar-refractivity contribution >= 4 is 25.7 Å². The number of esters is 1. The maximum Gasteiger partial charge on any atom is 0.338 e. The Morgan fingerprint density at radius 3 is 2.58 bits per heavy atom. The van der Waals surface area contributed by atoms with Crippen molar-refractivity contribution in [1.82, 2.24) is 0 Å². The minimum atomic E-state index is -3.87. The largest absolute Gasteiger partial charge is 0.457 e. The van der Waals surface area contributed by atoms with E-state index in [1.807, 2.05) is 0 Å². The SMILES string of the molecule is COCC(C)OC(=O)c1cc(S(=O)(=O)Cl)ccc1C. The zero-order valence-corrected chi connectivity index (χ0v) is 12.4. The lowest BCUT2D eigenvalue weighted by atomic mass is 10.1. The molecule has 0 aliphatic carbocycles. The molecule has 0 aromatic heterocycles. The van der Waals surface area contributed by atoms with Crippen LogP contribution in [0.2, 0.25) is 0 Å². The molecule has 0 aliphatic heterocycles. The van der Waals surface area contributed by atoms with E-state index in [0.29, 0.717) is 5.56 Å². The molecule has 0 aliphatic rings. The van der Waals surface area contributed by atoms with Crippen LogP contribution in [-0.2, 0) is 18.5 Å². The molecular formula is C12H15ClO5S. The lowest BCUT2D eigenvalue weighted by Crippen LogP contribution is -2.20. The Balaban J connectivity index is 3.03. The van der Waals surface area contributed by atoms with Gasteiger partial charge in [-0.1, -0.05) is 6.07 Å². The van der Waals surface area contributed by atoms with Crippen LogP contribution in [0.3, 0.4) is 0 Å². The van der Waals surface area contributed by atoms with Crippen molar-refractivity contribution in [1.29, 1.82) is 0 Å². The van der Waals surface area contributed by atoms with Crippen molar-refractivity contribution in [2.75, 3.05) is 13.7 Å². The minimum Gasteiger partial charge on any atom is -0.457 e. The third-order valence-electron chi connectivity index (χ3n) is 2.42. The summed E-state index contributed by atoms with van der Waals surface area (Å²) in [5.41, 5.74) is 0.781. The number of halogens is 1. The zero-order valence-electron chi connectivity index (χ0n) is 10.8. The van der Waals surface area contributed by atoms with Gasteiger partial charge in [-0.25, -0.2) is 13.2 Å². The Morgan fingerprint density at radius 2 is 2.05 bits per heavy atom. The fraction of sp³-hybridized carbons (Fsp3) is 0.417. The molecular weight excluding hydrogens is 292 g/mol. The number of aryl methyl sites for hydroxylation is 1. The highest BCUT2D eigenvalue weighted by atomic mass is 35.7. The third kappa shape index (κ3) is 4.49. The second kappa shape index (κ2) is 6.36. The van der Waals surface area contributed by atoms with Gasteiger partial charge in [0.2, 0.25) is 0 Å². The lowest BCUT2D eigenvalue weighted by Gasteiger charge is -2.13. The number of methoxy groups -OCH3 is 1. The predicted molar refractivity (Wildman–Crippen MR) is 71.0 cm³/mol. The van der Waals surface area contributed by atoms with Crippen molar-refractivity contribution in [2.24, 2.45) is 0 Å². The zero-order chi connectivity index (χ0) is 14.6. The Hall–Kier alpha value is -1.11. The standard InChI is InChI=1S/C12H15ClO5S/c1-8-4-5-10(19(13,15)16)6-11(8)12(14)18-9(2)7-17-3/h4-6,9H,7H2,1-3H3. The van der Waals surface area contributed by atoms with Gasteiger partial charge in [0.25, 0.3) is 9.05 Å². The van der Waals surface area contributed by atoms with Gasteiger partial charge < -0.3 is 9.47 Å². The van der Waals surface area contributed by atoms with Crippen molar-refractivity contribution in [3.63, 3.8) is 0 Å². The molecule has 1 aromatic rings. The predicted octanol–water partition coefficient (Wildman–Crippen LogP) is 2.11. The average molecular weight is 307 g/mol. The molecule has 0 amide bonds. The first-order valence-electron chi connectivity index (χ1n) is 5.51. The second-order valence-corrected chi connectivity index (χ2v) is 6.65. The van der Waals surface area contributed by atoms with Gasteiger partial charge in [-0.05, 0) is 31.5 Å². The molecule has 1 atom stereocenters. The first-order chi connectivity index (χ1) is 8.75. The molecule has 1 aromatic carbocycles. The highest BCUT2D eigenvalue weighted by Gasteiger charge is 2.18. The van der Waals surface area contributed by atoms with E-state index in [1.54, 1.807) is 13.8 Å². The van der Waals surface area contributed by atoms with Crippen molar-refractivity contribution in [3.8, 4) is 0 Å². The van der Waals surface area contributed by atoms with Crippen LogP contribution in [0.4, 0.5) is 0 Å². The fourth-order valence-electron chi connectivity index (χ4n) is 1.49. The average Bonchev–Trinajstić information content (AvgIpc) is 2.27. The first kappa shape index (κ1) is 15.9. The van der Waals surface area contributed by atoms with Crippen molar-refractivity contribution in [2.45, 2.75) is 24.8 Å². The fourth-order valence-corrected chi connectivity index (χ4v) is 2.26. The topological polar surface area (TPSA) is 69.7 Å². The molecule has 0 radical (unpaired) electrons. The number of rotatable bonds is 5. The normalized spacial score (nSPS) is 13.1. The van der Waals surface area contributed by atoms with Crippen LogP contribution in [0, 0.1) is 6.92 Å². The van der Waals surface area contributed by atoms with Crippen LogP contribution >= 0.6 is 10.7 Å². The van der Waals surface area contributed by atoms with Gasteiger partial charge in [0, 0.05) is 17.8 Å². The molecule has 0 fully saturated rings. The van der Waals surface area contributed by atoms with Crippen molar-refractivity contribution < 1.29 is 22.7 Å². The van der Waals surface area contributed by atoms with Gasteiger partial charge in [-0.15, -0.1) is 0 Å². The smallest absolute Gasteiger partial charge is 0.338 e. The van der Waals surface area contributed by atoms with Crippen LogP contribution in [0.25, 0.3) is 0 Å². The monoisotopic (exact) mass is 306 g/mol. The van der Waals surface area contributed by atoms with E-state index in [1.165, 1.54) is 25.3 Å². The van der Waals surface area contributed by atoms with Gasteiger partial charge in [0.1, 0.15) is 6.10 Å². The Kier molecular flexibility index (Phi) is 5.34. The van der Waals surface area contributed by atoms with Crippen LogP contribution in [-0.4, -0.2) is 34.2 Å². The molecule has 1 rings (SSSR count). The van der Waals surface area contributed by atoms with E-state index in [9.17, 15) is 13.2 Å². The summed E-state index contributed by atoms with van der Waals surface area (Å²) in [6.45, 7) is 3.62. The van der Waals surface area contributed by atoms with E-state index >= 15 is 0 Å². The summed E-state index contributed by atoms with van der Waals surface area (Å²) in [5, 5.41) is 0. The summed E-state index contributed by atoms with van der Waals surface area (Å²) in [6, 6.07) is 4.05. The van der Waals surface area contributed by atoms with E-state index in [0.717, 1.165) is 0 Å². The highest BCUT2D eigenvalue weighted by molar-refractivity contribution is 8.13. The summed E-state index contributed by atoms with van der Waals surface area (Å²) in [7, 11) is 2.86. The number of benzene rings is 1. The quantitative estimate of drug-likeness (QED) is 0.615. The third-order valence-corrected chi connectivity index (χ3v) is 3.77. The molecule has 0 saturated heterocycles. The summed E-state index contributed by atoms with van der Waals surface area (Å²) in [4.78, 5) is 11.8. The van der Waals surface area contributed by atoms with Gasteiger partial charge in [-0.2, -0.15) is 0 Å². The minimum absolute atomic E-state index is 0.133. The first-order valence-corrected chi connectivity index (χ1v) is 7.82. The number of ether oxygens (including phenoxy) is 2. The second-order valence-electron chi connectivity index (χ2n) is 4.09. The Labute approximate surface area is 116 Å². The molecule has 1 unspecified atom stereocenters. The van der Waals surface area contributed by atoms with Crippen LogP contribution < -0.4 is 0 Å². The summed E-state index contributed by atoms with van der Waals surface area (Å²) < 4.78 is 32.5. The number of carbonyl (C=O) groups excluding carboxylic acids is 1. The molecule has 0 heterocycles. The molecule has 7 heteroatoms. The van der Waals surface area contributed by atoms with Gasteiger partial charge in [-0.3, -0.25) is 0 Å². The maximum atomic E-state index is 11.9. The lowest BCUT2D eigenvalue weighted by molar-refractivity contribution is 0.0119.